The van der Waals surface area contributed by atoms with Crippen LogP contribution in [0.1, 0.15) is 16.1 Å². The van der Waals surface area contributed by atoms with Gasteiger partial charge in [-0.15, -0.1) is 0 Å². The Morgan fingerprint density at radius 1 is 1.22 bits per heavy atom. The number of nitrogens with one attached hydrogen (secondary N) is 2. The van der Waals surface area contributed by atoms with Crippen molar-refractivity contribution in [1.82, 2.24) is 15.2 Å². The highest BCUT2D eigenvalue weighted by Crippen LogP contribution is 2.16. The van der Waals surface area contributed by atoms with Crippen molar-refractivity contribution in [1.29, 1.82) is 0 Å². The Bertz CT molecular complexity index is 643. The van der Waals surface area contributed by atoms with Gasteiger partial charge in [0.2, 0.25) is 0 Å². The molecule has 2 rings (SSSR count). The Morgan fingerprint density at radius 3 is 2.65 bits per heavy atom. The molecule has 1 heterocycles. The lowest BCUT2D eigenvalue weighted by molar-refractivity contribution is 0.0946. The van der Waals surface area contributed by atoms with Gasteiger partial charge < -0.3 is 15.5 Å². The molecule has 2 N–H and O–H groups in total. The minimum atomic E-state index is -0.162. The van der Waals surface area contributed by atoms with Crippen LogP contribution in [-0.2, 0) is 6.54 Å². The highest BCUT2D eigenvalue weighted by molar-refractivity contribution is 6.31. The van der Waals surface area contributed by atoms with Crippen molar-refractivity contribution in [2.24, 2.45) is 0 Å². The minimum absolute atomic E-state index is 0.162. The number of amides is 1. The summed E-state index contributed by atoms with van der Waals surface area (Å²) >= 11 is 6.12. The fourth-order valence-corrected chi connectivity index (χ4v) is 2.16. The van der Waals surface area contributed by atoms with Gasteiger partial charge in [0.1, 0.15) is 5.69 Å². The first kappa shape index (κ1) is 17.2. The molecule has 1 aromatic carbocycles. The molecule has 0 radical (unpaired) electrons. The van der Waals surface area contributed by atoms with Crippen LogP contribution < -0.4 is 10.6 Å². The van der Waals surface area contributed by atoms with E-state index in [2.05, 4.69) is 15.6 Å². The van der Waals surface area contributed by atoms with E-state index in [1.807, 2.05) is 49.3 Å². The molecule has 1 aromatic heterocycles. The lowest BCUT2D eigenvalue weighted by Crippen LogP contribution is -2.31. The first-order valence-electron chi connectivity index (χ1n) is 7.42. The monoisotopic (exact) mass is 332 g/mol. The number of nitrogens with zero attached hydrogens (tertiary/aromatic N) is 2. The van der Waals surface area contributed by atoms with Gasteiger partial charge in [-0.3, -0.25) is 4.79 Å². The number of hydrogen-bond donors (Lipinski definition) is 2. The molecule has 0 saturated carbocycles. The molecule has 0 saturated heterocycles. The van der Waals surface area contributed by atoms with E-state index in [9.17, 15) is 4.79 Å². The van der Waals surface area contributed by atoms with E-state index in [1.54, 1.807) is 12.3 Å². The zero-order valence-electron chi connectivity index (χ0n) is 13.3. The van der Waals surface area contributed by atoms with E-state index in [4.69, 9.17) is 11.6 Å². The van der Waals surface area contributed by atoms with E-state index in [0.717, 1.165) is 22.8 Å². The van der Waals surface area contributed by atoms with Gasteiger partial charge >= 0.3 is 0 Å². The molecule has 0 unspecified atom stereocenters. The zero-order valence-corrected chi connectivity index (χ0v) is 14.1. The number of carbonyl (C=O) groups is 1. The number of likely N-dealkylation sites (N-methyl/N-ethyl adjacent to an activating group) is 1. The van der Waals surface area contributed by atoms with Crippen LogP contribution in [0.25, 0.3) is 0 Å². The lowest BCUT2D eigenvalue weighted by atomic mass is 10.2. The van der Waals surface area contributed by atoms with Gasteiger partial charge in [-0.05, 0) is 37.9 Å². The van der Waals surface area contributed by atoms with Crippen molar-refractivity contribution in [3.05, 3.63) is 58.9 Å². The van der Waals surface area contributed by atoms with E-state index in [1.165, 1.54) is 0 Å². The smallest absolute Gasteiger partial charge is 0.269 e. The predicted octanol–water partition coefficient (Wildman–Crippen LogP) is 2.64. The first-order chi connectivity index (χ1) is 11.1. The summed E-state index contributed by atoms with van der Waals surface area (Å²) in [6.45, 7) is 2.00. The highest BCUT2D eigenvalue weighted by Gasteiger charge is 2.06. The summed E-state index contributed by atoms with van der Waals surface area (Å²) in [6.07, 6.45) is 1.65. The van der Waals surface area contributed by atoms with Crippen LogP contribution in [0, 0.1) is 0 Å². The average molecular weight is 333 g/mol. The Morgan fingerprint density at radius 2 is 2.00 bits per heavy atom. The summed E-state index contributed by atoms with van der Waals surface area (Å²) in [5, 5.41) is 6.80. The molecule has 23 heavy (non-hydrogen) atoms. The number of hydrogen-bond acceptors (Lipinski definition) is 4. The first-order valence-corrected chi connectivity index (χ1v) is 7.80. The maximum atomic E-state index is 11.9. The lowest BCUT2D eigenvalue weighted by Gasteiger charge is -2.11. The van der Waals surface area contributed by atoms with Crippen LogP contribution >= 0.6 is 11.6 Å². The number of halogens is 1. The third-order valence-corrected chi connectivity index (χ3v) is 3.65. The summed E-state index contributed by atoms with van der Waals surface area (Å²) in [6, 6.07) is 11.2. The fourth-order valence-electron chi connectivity index (χ4n) is 1.96. The van der Waals surface area contributed by atoms with Crippen molar-refractivity contribution in [2.45, 2.75) is 6.54 Å². The molecule has 0 atom stereocenters. The van der Waals surface area contributed by atoms with Crippen molar-refractivity contribution < 1.29 is 4.79 Å². The van der Waals surface area contributed by atoms with Gasteiger partial charge in [0, 0.05) is 24.7 Å². The normalized spacial score (nSPS) is 10.6. The second-order valence-corrected chi connectivity index (χ2v) is 5.84. The van der Waals surface area contributed by atoms with Crippen LogP contribution in [0.2, 0.25) is 5.02 Å². The van der Waals surface area contributed by atoms with Crippen molar-refractivity contribution in [3.8, 4) is 0 Å². The van der Waals surface area contributed by atoms with E-state index in [-0.39, 0.29) is 5.91 Å². The largest absolute Gasteiger partial charge is 0.380 e. The zero-order chi connectivity index (χ0) is 16.7. The van der Waals surface area contributed by atoms with Crippen molar-refractivity contribution in [3.63, 3.8) is 0 Å². The van der Waals surface area contributed by atoms with E-state index >= 15 is 0 Å². The summed E-state index contributed by atoms with van der Waals surface area (Å²) in [4.78, 5) is 18.1. The van der Waals surface area contributed by atoms with Gasteiger partial charge in [0.25, 0.3) is 5.91 Å². The van der Waals surface area contributed by atoms with Gasteiger partial charge in [0.05, 0.1) is 11.9 Å². The molecule has 0 spiro atoms. The number of anilines is 1. The van der Waals surface area contributed by atoms with Crippen LogP contribution in [0.3, 0.4) is 0 Å². The van der Waals surface area contributed by atoms with Gasteiger partial charge in [-0.25, -0.2) is 4.98 Å². The van der Waals surface area contributed by atoms with Crippen LogP contribution in [0.15, 0.2) is 42.6 Å². The molecule has 0 aliphatic rings. The van der Waals surface area contributed by atoms with Crippen LogP contribution in [0.5, 0.6) is 0 Å². The Kier molecular flexibility index (Phi) is 6.38. The standard InChI is InChI=1S/C17H21ClN4O/c1-22(2)10-9-19-17(23)16-8-7-14(12-21-16)20-11-13-5-3-4-6-15(13)18/h3-8,12,20H,9-11H2,1-2H3,(H,19,23). The molecule has 2 aromatic rings. The fraction of sp³-hybridized carbons (Fsp3) is 0.294. The van der Waals surface area contributed by atoms with Crippen LogP contribution in [-0.4, -0.2) is 43.0 Å². The Balaban J connectivity index is 1.87. The quantitative estimate of drug-likeness (QED) is 0.818. The number of rotatable bonds is 7. The molecular formula is C17H21ClN4O. The SMILES string of the molecule is CN(C)CCNC(=O)c1ccc(NCc2ccccc2Cl)cn1. The second kappa shape index (κ2) is 8.50. The third-order valence-electron chi connectivity index (χ3n) is 3.28. The van der Waals surface area contributed by atoms with Gasteiger partial charge in [-0.1, -0.05) is 29.8 Å². The number of carbonyl (C=O) groups excluding carboxylic acids is 1. The Labute approximate surface area is 141 Å². The maximum Gasteiger partial charge on any atom is 0.269 e. The van der Waals surface area contributed by atoms with Crippen molar-refractivity contribution in [2.75, 3.05) is 32.5 Å². The van der Waals surface area contributed by atoms with Gasteiger partial charge in [-0.2, -0.15) is 0 Å². The summed E-state index contributed by atoms with van der Waals surface area (Å²) in [5.74, 6) is -0.162. The molecular weight excluding hydrogens is 312 g/mol. The molecule has 0 bridgehead atoms. The third kappa shape index (κ3) is 5.54. The highest BCUT2D eigenvalue weighted by atomic mass is 35.5. The minimum Gasteiger partial charge on any atom is -0.380 e. The van der Waals surface area contributed by atoms with E-state index in [0.29, 0.717) is 18.8 Å². The summed E-state index contributed by atoms with van der Waals surface area (Å²) < 4.78 is 0. The maximum absolute atomic E-state index is 11.9. The molecule has 1 amide bonds. The molecule has 0 fully saturated rings. The van der Waals surface area contributed by atoms with Crippen LogP contribution in [0.4, 0.5) is 5.69 Å². The Hall–Kier alpha value is -2.11. The molecule has 0 aliphatic heterocycles. The number of aromatic nitrogens is 1. The average Bonchev–Trinajstić information content (AvgIpc) is 2.54. The topological polar surface area (TPSA) is 57.3 Å². The number of pyridine rings is 1. The van der Waals surface area contributed by atoms with E-state index < -0.39 is 0 Å². The summed E-state index contributed by atoms with van der Waals surface area (Å²) in [5.41, 5.74) is 2.27. The number of benzene rings is 1. The second-order valence-electron chi connectivity index (χ2n) is 5.44. The molecule has 5 nitrogen and oxygen atoms in total. The predicted molar refractivity (Wildman–Crippen MR) is 93.9 cm³/mol. The summed E-state index contributed by atoms with van der Waals surface area (Å²) in [7, 11) is 3.92. The van der Waals surface area contributed by atoms with Gasteiger partial charge in [0.15, 0.2) is 0 Å². The molecule has 0 aliphatic carbocycles. The van der Waals surface area contributed by atoms with Crippen molar-refractivity contribution >= 4 is 23.2 Å². The molecule has 122 valence electrons. The molecule has 6 heteroatoms.